The van der Waals surface area contributed by atoms with E-state index in [1.54, 1.807) is 0 Å². The van der Waals surface area contributed by atoms with Crippen molar-refractivity contribution in [3.8, 4) is 0 Å². The molecule has 5 heteroatoms. The van der Waals surface area contributed by atoms with Crippen molar-refractivity contribution < 1.29 is 9.59 Å². The first-order valence-corrected chi connectivity index (χ1v) is 8.98. The van der Waals surface area contributed by atoms with Gasteiger partial charge >= 0.3 is 0 Å². The lowest BCUT2D eigenvalue weighted by atomic mass is 9.94. The number of nitrogens with zero attached hydrogens (tertiary/aromatic N) is 1. The fraction of sp³-hybridized carbons (Fsp3) is 0.579. The van der Waals surface area contributed by atoms with Crippen LogP contribution in [0.5, 0.6) is 0 Å². The van der Waals surface area contributed by atoms with Crippen molar-refractivity contribution in [2.75, 3.05) is 24.2 Å². The van der Waals surface area contributed by atoms with Crippen LogP contribution in [0.2, 0.25) is 0 Å². The van der Waals surface area contributed by atoms with Crippen molar-refractivity contribution in [3.63, 3.8) is 0 Å². The number of hydrogen-bond acceptors (Lipinski definition) is 3. The lowest BCUT2D eigenvalue weighted by Crippen LogP contribution is -2.39. The summed E-state index contributed by atoms with van der Waals surface area (Å²) in [6, 6.07) is 7.79. The molecular formula is C19H29N3O2. The number of nitrogens with one attached hydrogen (secondary N) is 2. The first-order valence-electron chi connectivity index (χ1n) is 8.98. The Hall–Kier alpha value is -1.88. The van der Waals surface area contributed by atoms with Gasteiger partial charge in [0, 0.05) is 23.8 Å². The van der Waals surface area contributed by atoms with Crippen LogP contribution in [-0.2, 0) is 9.59 Å². The van der Waals surface area contributed by atoms with E-state index < -0.39 is 0 Å². The Kier molecular flexibility index (Phi) is 7.25. The number of carbonyl (C=O) groups is 2. The lowest BCUT2D eigenvalue weighted by Gasteiger charge is -2.30. The third-order valence-corrected chi connectivity index (χ3v) is 4.52. The summed E-state index contributed by atoms with van der Waals surface area (Å²) in [5.41, 5.74) is 1.51. The summed E-state index contributed by atoms with van der Waals surface area (Å²) < 4.78 is 0. The molecule has 0 unspecified atom stereocenters. The Morgan fingerprint density at radius 3 is 2.08 bits per heavy atom. The molecule has 2 N–H and O–H groups in total. The van der Waals surface area contributed by atoms with E-state index in [2.05, 4.69) is 15.5 Å². The highest BCUT2D eigenvalue weighted by Gasteiger charge is 2.19. The van der Waals surface area contributed by atoms with Gasteiger partial charge in [-0.1, -0.05) is 26.2 Å². The van der Waals surface area contributed by atoms with Gasteiger partial charge in [-0.05, 0) is 50.6 Å². The highest BCUT2D eigenvalue weighted by molar-refractivity contribution is 5.93. The van der Waals surface area contributed by atoms with E-state index in [-0.39, 0.29) is 11.8 Å². The van der Waals surface area contributed by atoms with Crippen LogP contribution in [0.25, 0.3) is 0 Å². The number of hydrogen-bond donors (Lipinski definition) is 2. The van der Waals surface area contributed by atoms with Crippen molar-refractivity contribution in [2.24, 2.45) is 0 Å². The Bertz CT molecular complexity index is 536. The first kappa shape index (κ1) is 18.5. The predicted octanol–water partition coefficient (Wildman–Crippen LogP) is 3.63. The SMILES string of the molecule is CCCC(=O)Nc1ccc(NC(=O)CN(C)C2CCCCC2)cc1. The molecule has 132 valence electrons. The van der Waals surface area contributed by atoms with Gasteiger partial charge in [0.1, 0.15) is 0 Å². The van der Waals surface area contributed by atoms with Crippen molar-refractivity contribution in [2.45, 2.75) is 57.9 Å². The second kappa shape index (κ2) is 9.42. The summed E-state index contributed by atoms with van der Waals surface area (Å²) in [5.74, 6) is 0.0224. The second-order valence-corrected chi connectivity index (χ2v) is 6.63. The molecular weight excluding hydrogens is 302 g/mol. The van der Waals surface area contributed by atoms with Gasteiger partial charge in [0.25, 0.3) is 0 Å². The van der Waals surface area contributed by atoms with Crippen molar-refractivity contribution >= 4 is 23.2 Å². The van der Waals surface area contributed by atoms with E-state index in [4.69, 9.17) is 0 Å². The average Bonchev–Trinajstić information content (AvgIpc) is 2.57. The van der Waals surface area contributed by atoms with Gasteiger partial charge in [-0.25, -0.2) is 0 Å². The molecule has 0 spiro atoms. The average molecular weight is 331 g/mol. The number of anilines is 2. The number of rotatable bonds is 7. The van der Waals surface area contributed by atoms with Crippen LogP contribution in [-0.4, -0.2) is 36.3 Å². The van der Waals surface area contributed by atoms with Crippen LogP contribution >= 0.6 is 0 Å². The van der Waals surface area contributed by atoms with Crippen molar-refractivity contribution in [3.05, 3.63) is 24.3 Å². The molecule has 0 saturated heterocycles. The fourth-order valence-corrected chi connectivity index (χ4v) is 3.17. The molecule has 0 bridgehead atoms. The maximum absolute atomic E-state index is 12.2. The van der Waals surface area contributed by atoms with Crippen LogP contribution in [0.15, 0.2) is 24.3 Å². The third-order valence-electron chi connectivity index (χ3n) is 4.52. The summed E-state index contributed by atoms with van der Waals surface area (Å²) in [4.78, 5) is 25.9. The summed E-state index contributed by atoms with van der Waals surface area (Å²) in [5, 5.41) is 5.76. The Morgan fingerprint density at radius 2 is 1.54 bits per heavy atom. The van der Waals surface area contributed by atoms with Gasteiger partial charge in [-0.15, -0.1) is 0 Å². The lowest BCUT2D eigenvalue weighted by molar-refractivity contribution is -0.118. The number of amides is 2. The highest BCUT2D eigenvalue weighted by Crippen LogP contribution is 2.21. The van der Waals surface area contributed by atoms with E-state index in [0.717, 1.165) is 17.8 Å². The molecule has 1 aromatic rings. The van der Waals surface area contributed by atoms with Gasteiger partial charge in [-0.3, -0.25) is 14.5 Å². The zero-order valence-electron chi connectivity index (χ0n) is 14.8. The summed E-state index contributed by atoms with van der Waals surface area (Å²) >= 11 is 0. The molecule has 24 heavy (non-hydrogen) atoms. The normalized spacial score (nSPS) is 15.3. The molecule has 0 aromatic heterocycles. The molecule has 1 aliphatic rings. The molecule has 1 saturated carbocycles. The van der Waals surface area contributed by atoms with E-state index in [1.807, 2.05) is 38.2 Å². The van der Waals surface area contributed by atoms with Crippen LogP contribution in [0.4, 0.5) is 11.4 Å². The Balaban J connectivity index is 1.79. The predicted molar refractivity (Wildman–Crippen MR) is 98.1 cm³/mol. The Morgan fingerprint density at radius 1 is 1.00 bits per heavy atom. The van der Waals surface area contributed by atoms with Crippen LogP contribution in [0.1, 0.15) is 51.9 Å². The van der Waals surface area contributed by atoms with Crippen molar-refractivity contribution in [1.82, 2.24) is 4.90 Å². The molecule has 1 aliphatic carbocycles. The highest BCUT2D eigenvalue weighted by atomic mass is 16.2. The summed E-state index contributed by atoms with van der Waals surface area (Å²) in [6.45, 7) is 2.39. The third kappa shape index (κ3) is 5.96. The van der Waals surface area contributed by atoms with Gasteiger partial charge in [0.15, 0.2) is 0 Å². The topological polar surface area (TPSA) is 61.4 Å². The molecule has 2 rings (SSSR count). The minimum absolute atomic E-state index is 0.00541. The Labute approximate surface area is 144 Å². The summed E-state index contributed by atoms with van der Waals surface area (Å²) in [6.07, 6.45) is 7.58. The molecule has 2 amide bonds. The molecule has 0 aliphatic heterocycles. The zero-order chi connectivity index (χ0) is 17.4. The van der Waals surface area contributed by atoms with Crippen LogP contribution in [0, 0.1) is 0 Å². The first-order chi connectivity index (χ1) is 11.6. The van der Waals surface area contributed by atoms with Gasteiger partial charge in [-0.2, -0.15) is 0 Å². The molecule has 0 radical (unpaired) electrons. The van der Waals surface area contributed by atoms with E-state index in [1.165, 1.54) is 32.1 Å². The zero-order valence-corrected chi connectivity index (χ0v) is 14.8. The number of carbonyl (C=O) groups excluding carboxylic acids is 2. The van der Waals surface area contributed by atoms with Gasteiger partial charge in [0.2, 0.25) is 11.8 Å². The summed E-state index contributed by atoms with van der Waals surface area (Å²) in [7, 11) is 2.03. The van der Waals surface area contributed by atoms with E-state index in [9.17, 15) is 9.59 Å². The quantitative estimate of drug-likeness (QED) is 0.802. The van der Waals surface area contributed by atoms with E-state index in [0.29, 0.717) is 19.0 Å². The van der Waals surface area contributed by atoms with Crippen LogP contribution in [0.3, 0.4) is 0 Å². The monoisotopic (exact) mass is 331 g/mol. The molecule has 0 heterocycles. The van der Waals surface area contributed by atoms with Crippen molar-refractivity contribution in [1.29, 1.82) is 0 Å². The minimum atomic E-state index is 0.00541. The van der Waals surface area contributed by atoms with Gasteiger partial charge < -0.3 is 10.6 Å². The molecule has 1 fully saturated rings. The second-order valence-electron chi connectivity index (χ2n) is 6.63. The number of benzene rings is 1. The van der Waals surface area contributed by atoms with Crippen LogP contribution < -0.4 is 10.6 Å². The molecule has 1 aromatic carbocycles. The molecule has 5 nitrogen and oxygen atoms in total. The maximum Gasteiger partial charge on any atom is 0.238 e. The minimum Gasteiger partial charge on any atom is -0.326 e. The number of likely N-dealkylation sites (N-methyl/N-ethyl adjacent to an activating group) is 1. The fourth-order valence-electron chi connectivity index (χ4n) is 3.17. The van der Waals surface area contributed by atoms with Gasteiger partial charge in [0.05, 0.1) is 6.54 Å². The van der Waals surface area contributed by atoms with E-state index >= 15 is 0 Å². The standard InChI is InChI=1S/C19H29N3O2/c1-3-7-18(23)20-15-10-12-16(13-11-15)21-19(24)14-22(2)17-8-5-4-6-9-17/h10-13,17H,3-9,14H2,1-2H3,(H,20,23)(H,21,24). The smallest absolute Gasteiger partial charge is 0.238 e. The largest absolute Gasteiger partial charge is 0.326 e. The molecule has 0 atom stereocenters. The maximum atomic E-state index is 12.2.